The molecule has 0 bridgehead atoms. The molecule has 6 nitrogen and oxygen atoms in total. The van der Waals surface area contributed by atoms with Gasteiger partial charge < -0.3 is 20.1 Å². The second kappa shape index (κ2) is 5.93. The van der Waals surface area contributed by atoms with Gasteiger partial charge in [0, 0.05) is 13.0 Å². The molecule has 1 saturated carbocycles. The number of nitrogens with zero attached hydrogens (tertiary/aromatic N) is 1. The summed E-state index contributed by atoms with van der Waals surface area (Å²) in [6, 6.07) is -1.32. The Morgan fingerprint density at radius 3 is 3.00 bits per heavy atom. The van der Waals surface area contributed by atoms with Crippen LogP contribution in [0.3, 0.4) is 0 Å². The monoisotopic (exact) mass is 266 g/mol. The molecule has 1 heterocycles. The Morgan fingerprint density at radius 1 is 1.53 bits per heavy atom. The molecule has 1 aliphatic heterocycles. The molecular weight excluding hydrogens is 248 g/mol. The zero-order chi connectivity index (χ0) is 13.8. The Balaban J connectivity index is 1.98. The first-order chi connectivity index (χ1) is 9.13. The molecule has 2 rings (SSSR count). The number of urea groups is 1. The van der Waals surface area contributed by atoms with E-state index >= 15 is 0 Å². The Hall–Kier alpha value is -1.74. The quantitative estimate of drug-likeness (QED) is 0.726. The summed E-state index contributed by atoms with van der Waals surface area (Å²) in [5.41, 5.74) is 0. The van der Waals surface area contributed by atoms with Crippen LogP contribution in [0.4, 0.5) is 4.79 Å². The number of ether oxygens (including phenoxy) is 1. The van der Waals surface area contributed by atoms with E-state index in [0.29, 0.717) is 13.2 Å². The van der Waals surface area contributed by atoms with Gasteiger partial charge in [-0.15, -0.1) is 12.3 Å². The van der Waals surface area contributed by atoms with Crippen LogP contribution in [-0.4, -0.2) is 53.3 Å². The summed E-state index contributed by atoms with van der Waals surface area (Å²) >= 11 is 0. The molecule has 0 aromatic carbocycles. The molecule has 6 heteroatoms. The average Bonchev–Trinajstić information content (AvgIpc) is 2.85. The van der Waals surface area contributed by atoms with Crippen molar-refractivity contribution in [1.29, 1.82) is 0 Å². The first kappa shape index (κ1) is 13.7. The van der Waals surface area contributed by atoms with Crippen LogP contribution >= 0.6 is 0 Å². The maximum atomic E-state index is 12.2. The normalized spacial score (nSPS) is 27.2. The number of fused-ring (bicyclic) bond motifs is 1. The van der Waals surface area contributed by atoms with Crippen LogP contribution in [0, 0.1) is 12.3 Å². The van der Waals surface area contributed by atoms with E-state index < -0.39 is 12.0 Å². The minimum atomic E-state index is -1.11. The number of aliphatic carboxylic acids is 1. The topological polar surface area (TPSA) is 78.9 Å². The predicted octanol–water partition coefficient (Wildman–Crippen LogP) is 0.426. The summed E-state index contributed by atoms with van der Waals surface area (Å²) in [6.45, 7) is 0.997. The highest BCUT2D eigenvalue weighted by Gasteiger charge is 2.39. The molecule has 3 unspecified atom stereocenters. The van der Waals surface area contributed by atoms with E-state index in [2.05, 4.69) is 11.2 Å². The van der Waals surface area contributed by atoms with Crippen molar-refractivity contribution in [3.05, 3.63) is 0 Å². The van der Waals surface area contributed by atoms with Crippen LogP contribution in [0.1, 0.15) is 25.7 Å². The van der Waals surface area contributed by atoms with Gasteiger partial charge in [-0.25, -0.2) is 9.59 Å². The number of hydrogen-bond acceptors (Lipinski definition) is 3. The fraction of sp³-hybridized carbons (Fsp3) is 0.692. The van der Waals surface area contributed by atoms with Crippen molar-refractivity contribution in [2.24, 2.45) is 0 Å². The van der Waals surface area contributed by atoms with Crippen molar-refractivity contribution in [3.8, 4) is 12.3 Å². The van der Waals surface area contributed by atoms with Gasteiger partial charge in [0.1, 0.15) is 6.04 Å². The fourth-order valence-electron chi connectivity index (χ4n) is 2.73. The zero-order valence-corrected chi connectivity index (χ0v) is 10.7. The van der Waals surface area contributed by atoms with E-state index in [4.69, 9.17) is 16.3 Å². The van der Waals surface area contributed by atoms with Crippen molar-refractivity contribution in [2.75, 3.05) is 13.2 Å². The van der Waals surface area contributed by atoms with E-state index in [1.54, 1.807) is 4.90 Å². The molecule has 0 spiro atoms. The average molecular weight is 266 g/mol. The van der Waals surface area contributed by atoms with Gasteiger partial charge in [-0.1, -0.05) is 0 Å². The molecule has 1 saturated heterocycles. The molecular formula is C13H18N2O4. The van der Waals surface area contributed by atoms with Gasteiger partial charge in [-0.05, 0) is 19.3 Å². The number of carbonyl (C=O) groups excluding carboxylic acids is 1. The van der Waals surface area contributed by atoms with E-state index in [0.717, 1.165) is 19.3 Å². The van der Waals surface area contributed by atoms with Crippen molar-refractivity contribution >= 4 is 12.0 Å². The lowest BCUT2D eigenvalue weighted by molar-refractivity contribution is -0.139. The van der Waals surface area contributed by atoms with Gasteiger partial charge >= 0.3 is 12.0 Å². The Kier molecular flexibility index (Phi) is 4.27. The number of terminal acetylenes is 1. The second-order valence-electron chi connectivity index (χ2n) is 4.85. The summed E-state index contributed by atoms with van der Waals surface area (Å²) in [5.74, 6) is 1.16. The molecule has 0 radical (unpaired) electrons. The highest BCUT2D eigenvalue weighted by molar-refractivity contribution is 5.83. The van der Waals surface area contributed by atoms with Gasteiger partial charge in [0.05, 0.1) is 18.8 Å². The van der Waals surface area contributed by atoms with E-state index in [1.807, 2.05) is 0 Å². The molecule has 2 amide bonds. The SMILES string of the molecule is C#CCC(NC(=O)N1CCOC2CCCC21)C(=O)O. The first-order valence-electron chi connectivity index (χ1n) is 6.48. The summed E-state index contributed by atoms with van der Waals surface area (Å²) in [6.07, 6.45) is 8.09. The Morgan fingerprint density at radius 2 is 2.32 bits per heavy atom. The van der Waals surface area contributed by atoms with Crippen molar-refractivity contribution < 1.29 is 19.4 Å². The van der Waals surface area contributed by atoms with Crippen LogP contribution in [0.25, 0.3) is 0 Å². The van der Waals surface area contributed by atoms with Crippen LogP contribution in [0.15, 0.2) is 0 Å². The smallest absolute Gasteiger partial charge is 0.327 e. The van der Waals surface area contributed by atoms with Crippen molar-refractivity contribution in [2.45, 2.75) is 43.9 Å². The fourth-order valence-corrected chi connectivity index (χ4v) is 2.73. The molecule has 2 N–H and O–H groups in total. The standard InChI is InChI=1S/C13H18N2O4/c1-2-4-9(12(16)17)14-13(18)15-7-8-19-11-6-3-5-10(11)15/h1,9-11H,3-8H2,(H,14,18)(H,16,17). The van der Waals surface area contributed by atoms with Gasteiger partial charge in [0.2, 0.25) is 0 Å². The third-order valence-corrected chi connectivity index (χ3v) is 3.66. The zero-order valence-electron chi connectivity index (χ0n) is 10.7. The number of carbonyl (C=O) groups is 2. The number of nitrogens with one attached hydrogen (secondary N) is 1. The lowest BCUT2D eigenvalue weighted by Crippen LogP contribution is -2.57. The molecule has 2 fully saturated rings. The molecule has 2 aliphatic rings. The Bertz CT molecular complexity index is 404. The molecule has 3 atom stereocenters. The van der Waals surface area contributed by atoms with Gasteiger partial charge in [0.15, 0.2) is 0 Å². The Labute approximate surface area is 112 Å². The second-order valence-corrected chi connectivity index (χ2v) is 4.85. The lowest BCUT2D eigenvalue weighted by atomic mass is 10.1. The lowest BCUT2D eigenvalue weighted by Gasteiger charge is -2.38. The third kappa shape index (κ3) is 2.99. The minimum absolute atomic E-state index is 0.0144. The number of morpholine rings is 1. The molecule has 19 heavy (non-hydrogen) atoms. The highest BCUT2D eigenvalue weighted by Crippen LogP contribution is 2.29. The predicted molar refractivity (Wildman–Crippen MR) is 67.5 cm³/mol. The van der Waals surface area contributed by atoms with Gasteiger partial charge in [0.25, 0.3) is 0 Å². The summed E-state index contributed by atoms with van der Waals surface area (Å²) in [4.78, 5) is 24.8. The largest absolute Gasteiger partial charge is 0.480 e. The summed E-state index contributed by atoms with van der Waals surface area (Å²) < 4.78 is 5.61. The number of amides is 2. The van der Waals surface area contributed by atoms with E-state index in [1.165, 1.54) is 0 Å². The first-order valence-corrected chi connectivity index (χ1v) is 6.48. The van der Waals surface area contributed by atoms with E-state index in [9.17, 15) is 9.59 Å². The molecule has 0 aromatic heterocycles. The maximum Gasteiger partial charge on any atom is 0.327 e. The van der Waals surface area contributed by atoms with Crippen molar-refractivity contribution in [3.63, 3.8) is 0 Å². The number of rotatable bonds is 3. The molecule has 1 aliphatic carbocycles. The number of carboxylic acids is 1. The summed E-state index contributed by atoms with van der Waals surface area (Å²) in [7, 11) is 0. The van der Waals surface area contributed by atoms with Crippen LogP contribution in [0.2, 0.25) is 0 Å². The van der Waals surface area contributed by atoms with Crippen LogP contribution in [-0.2, 0) is 9.53 Å². The van der Waals surface area contributed by atoms with Crippen LogP contribution in [0.5, 0.6) is 0 Å². The number of hydrogen-bond donors (Lipinski definition) is 2. The van der Waals surface area contributed by atoms with Gasteiger partial charge in [-0.2, -0.15) is 0 Å². The van der Waals surface area contributed by atoms with Gasteiger partial charge in [-0.3, -0.25) is 0 Å². The highest BCUT2D eigenvalue weighted by atomic mass is 16.5. The minimum Gasteiger partial charge on any atom is -0.480 e. The van der Waals surface area contributed by atoms with Crippen LogP contribution < -0.4 is 5.32 Å². The maximum absolute atomic E-state index is 12.2. The third-order valence-electron chi connectivity index (χ3n) is 3.66. The summed E-state index contributed by atoms with van der Waals surface area (Å²) in [5, 5.41) is 11.5. The number of carboxylic acid groups (broad SMARTS) is 1. The molecule has 104 valence electrons. The molecule has 0 aromatic rings. The van der Waals surface area contributed by atoms with Crippen molar-refractivity contribution in [1.82, 2.24) is 10.2 Å². The van der Waals surface area contributed by atoms with E-state index in [-0.39, 0.29) is 24.6 Å².